The summed E-state index contributed by atoms with van der Waals surface area (Å²) in [5.74, 6) is 0.491. The molecular formula is C6H9BrN2O2. The molecule has 0 aliphatic rings. The summed E-state index contributed by atoms with van der Waals surface area (Å²) in [6.07, 6.45) is 0.181. The maximum atomic E-state index is 5.22. The average Bonchev–Trinajstić information content (AvgIpc) is 2.31. The Morgan fingerprint density at radius 3 is 2.82 bits per heavy atom. The van der Waals surface area contributed by atoms with E-state index in [4.69, 9.17) is 9.26 Å². The summed E-state index contributed by atoms with van der Waals surface area (Å²) in [5.41, 5.74) is 0. The van der Waals surface area contributed by atoms with Gasteiger partial charge in [-0.15, -0.1) is 0 Å². The van der Waals surface area contributed by atoms with Crippen molar-refractivity contribution in [1.82, 2.24) is 10.1 Å². The first-order chi connectivity index (χ1) is 5.18. The Morgan fingerprint density at radius 2 is 2.36 bits per heavy atom. The van der Waals surface area contributed by atoms with E-state index in [-0.39, 0.29) is 6.10 Å². The van der Waals surface area contributed by atoms with Crippen LogP contribution in [0.4, 0.5) is 0 Å². The van der Waals surface area contributed by atoms with E-state index < -0.39 is 0 Å². The van der Waals surface area contributed by atoms with E-state index in [0.717, 1.165) is 0 Å². The Kier molecular flexibility index (Phi) is 3.02. The zero-order valence-electron chi connectivity index (χ0n) is 6.37. The largest absolute Gasteiger partial charge is 0.369 e. The summed E-state index contributed by atoms with van der Waals surface area (Å²) in [6.45, 7) is 4.27. The molecule has 0 atom stereocenters. The van der Waals surface area contributed by atoms with Crippen LogP contribution in [0.5, 0.6) is 0 Å². The zero-order valence-corrected chi connectivity index (χ0v) is 7.96. The lowest BCUT2D eigenvalue weighted by molar-refractivity contribution is 0.0485. The highest BCUT2D eigenvalue weighted by Crippen LogP contribution is 2.05. The number of hydrogen-bond donors (Lipinski definition) is 0. The number of halogens is 1. The van der Waals surface area contributed by atoms with E-state index in [1.165, 1.54) is 0 Å². The molecular weight excluding hydrogens is 212 g/mol. The van der Waals surface area contributed by atoms with Gasteiger partial charge < -0.3 is 9.26 Å². The minimum Gasteiger partial charge on any atom is -0.369 e. The van der Waals surface area contributed by atoms with E-state index in [1.807, 2.05) is 13.8 Å². The van der Waals surface area contributed by atoms with Crippen molar-refractivity contribution in [3.05, 3.63) is 10.6 Å². The molecule has 1 aromatic rings. The molecule has 0 fully saturated rings. The molecule has 0 saturated carbocycles. The Morgan fingerprint density at radius 1 is 1.64 bits per heavy atom. The Labute approximate surface area is 73.1 Å². The quantitative estimate of drug-likeness (QED) is 0.780. The van der Waals surface area contributed by atoms with Crippen LogP contribution in [0.15, 0.2) is 9.26 Å². The highest BCUT2D eigenvalue weighted by Gasteiger charge is 2.03. The molecule has 0 unspecified atom stereocenters. The third-order valence-corrected chi connectivity index (χ3v) is 1.31. The van der Waals surface area contributed by atoms with Crippen molar-refractivity contribution < 1.29 is 9.26 Å². The maximum absolute atomic E-state index is 5.22. The van der Waals surface area contributed by atoms with Crippen LogP contribution in [0.3, 0.4) is 0 Å². The molecule has 0 radical (unpaired) electrons. The second-order valence-electron chi connectivity index (χ2n) is 2.32. The second kappa shape index (κ2) is 3.82. The van der Waals surface area contributed by atoms with E-state index in [9.17, 15) is 0 Å². The number of aromatic nitrogens is 2. The van der Waals surface area contributed by atoms with Crippen LogP contribution in [-0.2, 0) is 11.3 Å². The normalized spacial score (nSPS) is 10.9. The first-order valence-electron chi connectivity index (χ1n) is 3.28. The number of ether oxygens (including phenoxy) is 1. The molecule has 0 spiro atoms. The predicted molar refractivity (Wildman–Crippen MR) is 41.9 cm³/mol. The van der Waals surface area contributed by atoms with Gasteiger partial charge in [0.1, 0.15) is 6.61 Å². The first-order valence-corrected chi connectivity index (χ1v) is 4.07. The van der Waals surface area contributed by atoms with Crippen molar-refractivity contribution in [2.75, 3.05) is 0 Å². The fourth-order valence-corrected chi connectivity index (χ4v) is 0.801. The van der Waals surface area contributed by atoms with Crippen molar-refractivity contribution in [2.45, 2.75) is 26.6 Å². The van der Waals surface area contributed by atoms with E-state index in [0.29, 0.717) is 17.2 Å². The molecule has 0 saturated heterocycles. The molecule has 0 bridgehead atoms. The van der Waals surface area contributed by atoms with Gasteiger partial charge in [-0.25, -0.2) is 0 Å². The van der Waals surface area contributed by atoms with Crippen molar-refractivity contribution in [1.29, 1.82) is 0 Å². The molecule has 5 heteroatoms. The zero-order chi connectivity index (χ0) is 8.27. The van der Waals surface area contributed by atoms with Crippen LogP contribution in [0.1, 0.15) is 19.7 Å². The number of nitrogens with zero attached hydrogens (tertiary/aromatic N) is 2. The van der Waals surface area contributed by atoms with E-state index >= 15 is 0 Å². The standard InChI is InChI=1S/C6H9BrN2O2/c1-4(2)10-3-5-8-6(7)9-11-5/h4H,3H2,1-2H3. The summed E-state index contributed by atoms with van der Waals surface area (Å²) in [7, 11) is 0. The summed E-state index contributed by atoms with van der Waals surface area (Å²) < 4.78 is 10.5. The van der Waals surface area contributed by atoms with Gasteiger partial charge in [0.2, 0.25) is 4.73 Å². The predicted octanol–water partition coefficient (Wildman–Crippen LogP) is 1.76. The first kappa shape index (κ1) is 8.67. The van der Waals surface area contributed by atoms with Crippen LogP contribution in [0.25, 0.3) is 0 Å². The van der Waals surface area contributed by atoms with Gasteiger partial charge in [0.25, 0.3) is 5.89 Å². The van der Waals surface area contributed by atoms with Crippen molar-refractivity contribution >= 4 is 15.9 Å². The molecule has 0 N–H and O–H groups in total. The van der Waals surface area contributed by atoms with Crippen LogP contribution < -0.4 is 0 Å². The van der Waals surface area contributed by atoms with Gasteiger partial charge in [-0.3, -0.25) is 0 Å². The fraction of sp³-hybridized carbons (Fsp3) is 0.667. The summed E-state index contributed by atoms with van der Waals surface area (Å²) in [6, 6.07) is 0. The van der Waals surface area contributed by atoms with Gasteiger partial charge in [0.15, 0.2) is 0 Å². The third kappa shape index (κ3) is 2.98. The summed E-state index contributed by atoms with van der Waals surface area (Å²) >= 11 is 3.07. The molecule has 62 valence electrons. The maximum Gasteiger partial charge on any atom is 0.253 e. The monoisotopic (exact) mass is 220 g/mol. The van der Waals surface area contributed by atoms with E-state index in [1.54, 1.807) is 0 Å². The van der Waals surface area contributed by atoms with Crippen LogP contribution in [0.2, 0.25) is 0 Å². The van der Waals surface area contributed by atoms with Crippen LogP contribution >= 0.6 is 15.9 Å². The molecule has 1 aromatic heterocycles. The molecule has 1 heterocycles. The Hall–Kier alpha value is -0.420. The van der Waals surface area contributed by atoms with Crippen molar-refractivity contribution in [3.8, 4) is 0 Å². The highest BCUT2D eigenvalue weighted by molar-refractivity contribution is 9.10. The SMILES string of the molecule is CC(C)OCc1nc(Br)no1. The van der Waals surface area contributed by atoms with Gasteiger partial charge in [-0.2, -0.15) is 4.98 Å². The Bertz CT molecular complexity index is 224. The van der Waals surface area contributed by atoms with Gasteiger partial charge in [0, 0.05) is 0 Å². The van der Waals surface area contributed by atoms with Crippen LogP contribution in [-0.4, -0.2) is 16.2 Å². The van der Waals surface area contributed by atoms with Gasteiger partial charge >= 0.3 is 0 Å². The van der Waals surface area contributed by atoms with Gasteiger partial charge in [0.05, 0.1) is 6.10 Å². The minimum atomic E-state index is 0.181. The van der Waals surface area contributed by atoms with Crippen molar-refractivity contribution in [2.24, 2.45) is 0 Å². The smallest absolute Gasteiger partial charge is 0.253 e. The lowest BCUT2D eigenvalue weighted by atomic mass is 10.5. The second-order valence-corrected chi connectivity index (χ2v) is 3.03. The minimum absolute atomic E-state index is 0.181. The molecule has 4 nitrogen and oxygen atoms in total. The molecule has 0 aromatic carbocycles. The van der Waals surface area contributed by atoms with E-state index in [2.05, 4.69) is 26.1 Å². The topological polar surface area (TPSA) is 48.2 Å². The third-order valence-electron chi connectivity index (χ3n) is 0.983. The van der Waals surface area contributed by atoms with Gasteiger partial charge in [-0.05, 0) is 34.9 Å². The fourth-order valence-electron chi connectivity index (χ4n) is 0.531. The molecule has 0 aliphatic heterocycles. The molecule has 0 aliphatic carbocycles. The molecule has 11 heavy (non-hydrogen) atoms. The highest BCUT2D eigenvalue weighted by atomic mass is 79.9. The molecule has 0 amide bonds. The lowest BCUT2D eigenvalue weighted by Gasteiger charge is -2.02. The van der Waals surface area contributed by atoms with Crippen molar-refractivity contribution in [3.63, 3.8) is 0 Å². The summed E-state index contributed by atoms with van der Waals surface area (Å²) in [4.78, 5) is 3.90. The Balaban J connectivity index is 2.39. The van der Waals surface area contributed by atoms with Crippen LogP contribution in [0, 0.1) is 0 Å². The number of hydrogen-bond acceptors (Lipinski definition) is 4. The van der Waals surface area contributed by atoms with Gasteiger partial charge in [-0.1, -0.05) is 0 Å². The summed E-state index contributed by atoms with van der Waals surface area (Å²) in [5, 5.41) is 3.55. The molecule has 1 rings (SSSR count). The number of rotatable bonds is 3. The lowest BCUT2D eigenvalue weighted by Crippen LogP contribution is -2.02. The average molecular weight is 221 g/mol.